The molecular weight excluding hydrogens is 248 g/mol. The molecule has 1 rings (SSSR count). The van der Waals surface area contributed by atoms with Crippen molar-refractivity contribution in [2.45, 2.75) is 27.3 Å². The minimum absolute atomic E-state index is 0.708. The van der Waals surface area contributed by atoms with Gasteiger partial charge in [0.05, 0.1) is 6.54 Å². The number of guanidine groups is 1. The fourth-order valence-electron chi connectivity index (χ4n) is 1.73. The Labute approximate surface area is 123 Å². The molecule has 112 valence electrons. The third kappa shape index (κ3) is 6.57. The molecule has 0 aliphatic rings. The number of rotatable bonds is 7. The molecule has 0 aromatic heterocycles. The SMILES string of the molecule is CCNC(=NCc1ccc(C)cc1)NCCN(C)CC. The van der Waals surface area contributed by atoms with Crippen LogP contribution in [0.3, 0.4) is 0 Å². The van der Waals surface area contributed by atoms with E-state index < -0.39 is 0 Å². The van der Waals surface area contributed by atoms with Crippen molar-refractivity contribution in [3.63, 3.8) is 0 Å². The fraction of sp³-hybridized carbons (Fsp3) is 0.562. The predicted molar refractivity (Wildman–Crippen MR) is 87.2 cm³/mol. The van der Waals surface area contributed by atoms with Crippen molar-refractivity contribution >= 4 is 5.96 Å². The van der Waals surface area contributed by atoms with E-state index in [1.807, 2.05) is 0 Å². The highest BCUT2D eigenvalue weighted by atomic mass is 15.2. The Morgan fingerprint density at radius 3 is 2.45 bits per heavy atom. The van der Waals surface area contributed by atoms with Crippen LogP contribution in [0.5, 0.6) is 0 Å². The monoisotopic (exact) mass is 276 g/mol. The first-order valence-electron chi connectivity index (χ1n) is 7.42. The van der Waals surface area contributed by atoms with Gasteiger partial charge in [-0.25, -0.2) is 4.99 Å². The summed E-state index contributed by atoms with van der Waals surface area (Å²) in [5, 5.41) is 6.64. The standard InChI is InChI=1S/C16H28N4/c1-5-17-16(18-11-12-20(4)6-2)19-13-15-9-7-14(3)8-10-15/h7-10H,5-6,11-13H2,1-4H3,(H2,17,18,19). The van der Waals surface area contributed by atoms with Gasteiger partial charge in [0.25, 0.3) is 0 Å². The Kier molecular flexibility index (Phi) is 7.73. The van der Waals surface area contributed by atoms with Crippen molar-refractivity contribution in [2.75, 3.05) is 33.2 Å². The number of benzene rings is 1. The zero-order valence-electron chi connectivity index (χ0n) is 13.2. The van der Waals surface area contributed by atoms with Crippen molar-refractivity contribution in [2.24, 2.45) is 4.99 Å². The Balaban J connectivity index is 2.47. The Hall–Kier alpha value is -1.55. The zero-order chi connectivity index (χ0) is 14.8. The zero-order valence-corrected chi connectivity index (χ0v) is 13.2. The average molecular weight is 276 g/mol. The number of hydrogen-bond donors (Lipinski definition) is 2. The molecule has 0 atom stereocenters. The minimum atomic E-state index is 0.708. The van der Waals surface area contributed by atoms with Gasteiger partial charge in [-0.15, -0.1) is 0 Å². The van der Waals surface area contributed by atoms with E-state index in [4.69, 9.17) is 0 Å². The van der Waals surface area contributed by atoms with Crippen LogP contribution in [0.1, 0.15) is 25.0 Å². The second kappa shape index (κ2) is 9.37. The second-order valence-electron chi connectivity index (χ2n) is 5.00. The molecule has 0 saturated heterocycles. The number of likely N-dealkylation sites (N-methyl/N-ethyl adjacent to an activating group) is 1. The first-order valence-corrected chi connectivity index (χ1v) is 7.42. The normalized spacial score (nSPS) is 11.8. The molecule has 0 spiro atoms. The summed E-state index contributed by atoms with van der Waals surface area (Å²) in [4.78, 5) is 6.89. The molecule has 0 unspecified atom stereocenters. The van der Waals surface area contributed by atoms with E-state index in [1.54, 1.807) is 0 Å². The summed E-state index contributed by atoms with van der Waals surface area (Å²) < 4.78 is 0. The highest BCUT2D eigenvalue weighted by Crippen LogP contribution is 2.04. The van der Waals surface area contributed by atoms with Gasteiger partial charge >= 0.3 is 0 Å². The van der Waals surface area contributed by atoms with E-state index in [-0.39, 0.29) is 0 Å². The van der Waals surface area contributed by atoms with Crippen LogP contribution in [0.15, 0.2) is 29.3 Å². The molecular formula is C16H28N4. The van der Waals surface area contributed by atoms with Crippen LogP contribution in [0, 0.1) is 6.92 Å². The van der Waals surface area contributed by atoms with Crippen LogP contribution in [0.2, 0.25) is 0 Å². The van der Waals surface area contributed by atoms with E-state index in [9.17, 15) is 0 Å². The lowest BCUT2D eigenvalue weighted by atomic mass is 10.1. The molecule has 4 nitrogen and oxygen atoms in total. The molecule has 0 bridgehead atoms. The Morgan fingerprint density at radius 1 is 1.15 bits per heavy atom. The lowest BCUT2D eigenvalue weighted by Gasteiger charge is -2.16. The summed E-state index contributed by atoms with van der Waals surface area (Å²) >= 11 is 0. The maximum Gasteiger partial charge on any atom is 0.191 e. The van der Waals surface area contributed by atoms with Crippen LogP contribution in [0.4, 0.5) is 0 Å². The first-order chi connectivity index (χ1) is 9.65. The molecule has 0 heterocycles. The summed E-state index contributed by atoms with van der Waals surface area (Å²) in [6.45, 7) is 10.9. The molecule has 20 heavy (non-hydrogen) atoms. The third-order valence-corrected chi connectivity index (χ3v) is 3.21. The van der Waals surface area contributed by atoms with Crippen LogP contribution >= 0.6 is 0 Å². The molecule has 1 aromatic rings. The van der Waals surface area contributed by atoms with Gasteiger partial charge in [0.2, 0.25) is 0 Å². The Morgan fingerprint density at radius 2 is 1.85 bits per heavy atom. The number of aryl methyl sites for hydroxylation is 1. The summed E-state index contributed by atoms with van der Waals surface area (Å²) in [5.41, 5.74) is 2.52. The molecule has 0 aliphatic carbocycles. The molecule has 0 saturated carbocycles. The number of nitrogens with one attached hydrogen (secondary N) is 2. The average Bonchev–Trinajstić information content (AvgIpc) is 2.46. The van der Waals surface area contributed by atoms with Crippen molar-refractivity contribution in [1.29, 1.82) is 0 Å². The fourth-order valence-corrected chi connectivity index (χ4v) is 1.73. The highest BCUT2D eigenvalue weighted by molar-refractivity contribution is 5.79. The van der Waals surface area contributed by atoms with Crippen molar-refractivity contribution < 1.29 is 0 Å². The van der Waals surface area contributed by atoms with Gasteiger partial charge in [0.1, 0.15) is 0 Å². The van der Waals surface area contributed by atoms with E-state index in [1.165, 1.54) is 11.1 Å². The van der Waals surface area contributed by atoms with Crippen molar-refractivity contribution in [1.82, 2.24) is 15.5 Å². The van der Waals surface area contributed by atoms with Crippen LogP contribution < -0.4 is 10.6 Å². The van der Waals surface area contributed by atoms with Crippen molar-refractivity contribution in [3.8, 4) is 0 Å². The lowest BCUT2D eigenvalue weighted by molar-refractivity contribution is 0.357. The predicted octanol–water partition coefficient (Wildman–Crippen LogP) is 2.00. The quantitative estimate of drug-likeness (QED) is 0.591. The number of hydrogen-bond acceptors (Lipinski definition) is 2. The number of nitrogens with zero attached hydrogens (tertiary/aromatic N) is 2. The lowest BCUT2D eigenvalue weighted by Crippen LogP contribution is -2.40. The van der Waals surface area contributed by atoms with Gasteiger partial charge in [0, 0.05) is 19.6 Å². The van der Waals surface area contributed by atoms with E-state index in [2.05, 4.69) is 72.6 Å². The minimum Gasteiger partial charge on any atom is -0.357 e. The molecule has 0 amide bonds. The molecule has 2 N–H and O–H groups in total. The topological polar surface area (TPSA) is 39.7 Å². The molecule has 0 radical (unpaired) electrons. The van der Waals surface area contributed by atoms with Gasteiger partial charge in [-0.1, -0.05) is 36.8 Å². The van der Waals surface area contributed by atoms with Crippen LogP contribution in [-0.2, 0) is 6.54 Å². The van der Waals surface area contributed by atoms with Gasteiger partial charge in [-0.05, 0) is 33.0 Å². The number of aliphatic imine (C=N–C) groups is 1. The third-order valence-electron chi connectivity index (χ3n) is 3.21. The van der Waals surface area contributed by atoms with Crippen LogP contribution in [0.25, 0.3) is 0 Å². The summed E-state index contributed by atoms with van der Waals surface area (Å²) in [6.07, 6.45) is 0. The smallest absolute Gasteiger partial charge is 0.191 e. The molecule has 0 aliphatic heterocycles. The van der Waals surface area contributed by atoms with E-state index in [0.29, 0.717) is 6.54 Å². The van der Waals surface area contributed by atoms with Crippen molar-refractivity contribution in [3.05, 3.63) is 35.4 Å². The molecule has 0 fully saturated rings. The second-order valence-corrected chi connectivity index (χ2v) is 5.00. The molecule has 4 heteroatoms. The van der Waals surface area contributed by atoms with Gasteiger partial charge in [-0.2, -0.15) is 0 Å². The first kappa shape index (κ1) is 16.5. The summed E-state index contributed by atoms with van der Waals surface area (Å²) in [7, 11) is 2.12. The molecule has 1 aromatic carbocycles. The van der Waals surface area contributed by atoms with Gasteiger partial charge < -0.3 is 15.5 Å². The largest absolute Gasteiger partial charge is 0.357 e. The van der Waals surface area contributed by atoms with Gasteiger partial charge in [-0.3, -0.25) is 0 Å². The summed E-state index contributed by atoms with van der Waals surface area (Å²) in [6, 6.07) is 8.52. The maximum atomic E-state index is 4.61. The van der Waals surface area contributed by atoms with E-state index in [0.717, 1.165) is 32.1 Å². The summed E-state index contributed by atoms with van der Waals surface area (Å²) in [5.74, 6) is 0.887. The Bertz CT molecular complexity index is 397. The van der Waals surface area contributed by atoms with Crippen LogP contribution in [-0.4, -0.2) is 44.1 Å². The van der Waals surface area contributed by atoms with E-state index >= 15 is 0 Å². The maximum absolute atomic E-state index is 4.61. The highest BCUT2D eigenvalue weighted by Gasteiger charge is 1.99. The van der Waals surface area contributed by atoms with Gasteiger partial charge in [0.15, 0.2) is 5.96 Å².